The summed E-state index contributed by atoms with van der Waals surface area (Å²) >= 11 is 0. The summed E-state index contributed by atoms with van der Waals surface area (Å²) in [5, 5.41) is 0. The zero-order chi connectivity index (χ0) is 6.69. The number of ether oxygens (including phenoxy) is 1. The van der Waals surface area contributed by atoms with Crippen molar-refractivity contribution in [2.75, 3.05) is 0 Å². The highest BCUT2D eigenvalue weighted by Crippen LogP contribution is 2.20. The van der Waals surface area contributed by atoms with Crippen molar-refractivity contribution in [2.24, 2.45) is 0 Å². The Morgan fingerprint density at radius 3 is 2.78 bits per heavy atom. The van der Waals surface area contributed by atoms with Crippen molar-refractivity contribution in [3.05, 3.63) is 6.42 Å². The van der Waals surface area contributed by atoms with Gasteiger partial charge < -0.3 is 4.74 Å². The van der Waals surface area contributed by atoms with E-state index in [1.54, 1.807) is 0 Å². The van der Waals surface area contributed by atoms with Gasteiger partial charge in [-0.15, -0.1) is 0 Å². The number of carbonyl (C=O) groups is 1. The molecule has 0 bridgehead atoms. The summed E-state index contributed by atoms with van der Waals surface area (Å²) in [6.45, 7) is 1.81. The Kier molecular flexibility index (Phi) is 2.09. The molecule has 0 aromatic carbocycles. The van der Waals surface area contributed by atoms with Gasteiger partial charge in [0.1, 0.15) is 6.10 Å². The Hall–Kier alpha value is -0.530. The fourth-order valence-electron chi connectivity index (χ4n) is 0.668. The molecule has 0 heterocycles. The van der Waals surface area contributed by atoms with Crippen LogP contribution in [0.2, 0.25) is 0 Å². The maximum Gasteiger partial charge on any atom is 0.305 e. The third kappa shape index (κ3) is 1.70. The van der Waals surface area contributed by atoms with E-state index in [4.69, 9.17) is 4.74 Å². The summed E-state index contributed by atoms with van der Waals surface area (Å²) in [5.41, 5.74) is 0. The lowest BCUT2D eigenvalue weighted by atomic mass is 9.96. The largest absolute Gasteiger partial charge is 0.462 e. The molecule has 51 valence electrons. The Balaban J connectivity index is 2.09. The second-order valence-corrected chi connectivity index (χ2v) is 2.23. The molecular weight excluding hydrogens is 116 g/mol. The van der Waals surface area contributed by atoms with E-state index >= 15 is 0 Å². The van der Waals surface area contributed by atoms with Crippen LogP contribution in [-0.4, -0.2) is 12.1 Å². The molecule has 1 saturated carbocycles. The third-order valence-electron chi connectivity index (χ3n) is 1.45. The van der Waals surface area contributed by atoms with Crippen molar-refractivity contribution < 1.29 is 9.53 Å². The van der Waals surface area contributed by atoms with E-state index in [1.165, 1.54) is 0 Å². The van der Waals surface area contributed by atoms with Crippen LogP contribution in [0.4, 0.5) is 0 Å². The molecule has 0 N–H and O–H groups in total. The van der Waals surface area contributed by atoms with Crippen LogP contribution in [0.1, 0.15) is 26.2 Å². The van der Waals surface area contributed by atoms with Crippen LogP contribution < -0.4 is 0 Å². The van der Waals surface area contributed by atoms with Gasteiger partial charge in [-0.1, -0.05) is 6.92 Å². The number of esters is 1. The first-order chi connectivity index (χ1) is 4.33. The van der Waals surface area contributed by atoms with Gasteiger partial charge in [-0.05, 0) is 19.3 Å². The highest BCUT2D eigenvalue weighted by atomic mass is 16.5. The second-order valence-electron chi connectivity index (χ2n) is 2.23. The minimum absolute atomic E-state index is 0.0758. The molecule has 0 aliphatic heterocycles. The molecule has 1 aliphatic rings. The zero-order valence-electron chi connectivity index (χ0n) is 5.59. The van der Waals surface area contributed by atoms with Crippen molar-refractivity contribution in [1.82, 2.24) is 0 Å². The average molecular weight is 127 g/mol. The lowest BCUT2D eigenvalue weighted by molar-refractivity contribution is -0.150. The predicted molar refractivity (Wildman–Crippen MR) is 33.7 cm³/mol. The van der Waals surface area contributed by atoms with Crippen LogP contribution >= 0.6 is 0 Å². The molecule has 0 spiro atoms. The monoisotopic (exact) mass is 127 g/mol. The summed E-state index contributed by atoms with van der Waals surface area (Å²) in [5.74, 6) is -0.0758. The molecule has 2 heteroatoms. The molecular formula is C7H11O2. The summed E-state index contributed by atoms with van der Waals surface area (Å²) < 4.78 is 4.97. The fraction of sp³-hybridized carbons (Fsp3) is 0.714. The quantitative estimate of drug-likeness (QED) is 0.523. The number of carbonyl (C=O) groups excluding carboxylic acids is 1. The van der Waals surface area contributed by atoms with Crippen molar-refractivity contribution >= 4 is 5.97 Å². The van der Waals surface area contributed by atoms with Gasteiger partial charge in [-0.2, -0.15) is 0 Å². The van der Waals surface area contributed by atoms with E-state index in [1.807, 2.05) is 6.92 Å². The maximum absolute atomic E-state index is 10.6. The number of rotatable bonds is 2. The third-order valence-corrected chi connectivity index (χ3v) is 1.45. The lowest BCUT2D eigenvalue weighted by Crippen LogP contribution is -2.25. The summed E-state index contributed by atoms with van der Waals surface area (Å²) in [4.78, 5) is 10.6. The Morgan fingerprint density at radius 2 is 2.44 bits per heavy atom. The van der Waals surface area contributed by atoms with E-state index in [0.29, 0.717) is 6.42 Å². The summed E-state index contributed by atoms with van der Waals surface area (Å²) in [6.07, 6.45) is 4.72. The van der Waals surface area contributed by atoms with Crippen molar-refractivity contribution in [3.63, 3.8) is 0 Å². The van der Waals surface area contributed by atoms with Crippen LogP contribution in [0.3, 0.4) is 0 Å². The van der Waals surface area contributed by atoms with Gasteiger partial charge in [0, 0.05) is 6.42 Å². The van der Waals surface area contributed by atoms with Crippen molar-refractivity contribution in [2.45, 2.75) is 32.3 Å². The van der Waals surface area contributed by atoms with Gasteiger partial charge in [0.05, 0.1) is 0 Å². The number of hydrogen-bond donors (Lipinski definition) is 0. The highest BCUT2D eigenvalue weighted by Gasteiger charge is 2.20. The maximum atomic E-state index is 10.6. The second kappa shape index (κ2) is 2.85. The molecule has 0 aromatic rings. The Labute approximate surface area is 55.2 Å². The molecule has 0 atom stereocenters. The van der Waals surface area contributed by atoms with E-state index in [2.05, 4.69) is 6.42 Å². The van der Waals surface area contributed by atoms with Gasteiger partial charge in [0.2, 0.25) is 0 Å². The molecule has 0 saturated heterocycles. The van der Waals surface area contributed by atoms with E-state index in [-0.39, 0.29) is 12.1 Å². The minimum Gasteiger partial charge on any atom is -0.462 e. The smallest absolute Gasteiger partial charge is 0.305 e. The first-order valence-corrected chi connectivity index (χ1v) is 3.34. The van der Waals surface area contributed by atoms with Gasteiger partial charge in [-0.25, -0.2) is 0 Å². The van der Waals surface area contributed by atoms with E-state index in [0.717, 1.165) is 12.8 Å². The molecule has 1 radical (unpaired) electrons. The van der Waals surface area contributed by atoms with Crippen molar-refractivity contribution in [1.29, 1.82) is 0 Å². The van der Waals surface area contributed by atoms with E-state index < -0.39 is 0 Å². The predicted octanol–water partition coefficient (Wildman–Crippen LogP) is 1.31. The zero-order valence-corrected chi connectivity index (χ0v) is 5.59. The Bertz CT molecular complexity index is 105. The standard InChI is InChI=1S/C7H11O2/c1-2-7(8)9-6-4-3-5-6/h3,6H,2,4-5H2,1H3. The average Bonchev–Trinajstić information content (AvgIpc) is 1.78. The minimum atomic E-state index is -0.0758. The molecule has 0 amide bonds. The van der Waals surface area contributed by atoms with Crippen LogP contribution in [-0.2, 0) is 9.53 Å². The molecule has 1 aliphatic carbocycles. The first-order valence-electron chi connectivity index (χ1n) is 3.34. The Morgan fingerprint density at radius 1 is 1.78 bits per heavy atom. The van der Waals surface area contributed by atoms with Crippen LogP contribution in [0, 0.1) is 6.42 Å². The normalized spacial score (nSPS) is 18.8. The van der Waals surface area contributed by atoms with Gasteiger partial charge in [0.15, 0.2) is 0 Å². The van der Waals surface area contributed by atoms with E-state index in [9.17, 15) is 4.79 Å². The SMILES string of the molecule is CCC(=O)OC1C[CH]C1. The molecule has 1 rings (SSSR count). The van der Waals surface area contributed by atoms with Crippen LogP contribution in [0.5, 0.6) is 0 Å². The topological polar surface area (TPSA) is 26.3 Å². The summed E-state index contributed by atoms with van der Waals surface area (Å²) in [6, 6.07) is 0. The molecule has 9 heavy (non-hydrogen) atoms. The van der Waals surface area contributed by atoms with Gasteiger partial charge in [0.25, 0.3) is 0 Å². The fourth-order valence-corrected chi connectivity index (χ4v) is 0.668. The highest BCUT2D eigenvalue weighted by molar-refractivity contribution is 5.69. The molecule has 0 unspecified atom stereocenters. The van der Waals surface area contributed by atoms with Crippen molar-refractivity contribution in [3.8, 4) is 0 Å². The molecule has 2 nitrogen and oxygen atoms in total. The van der Waals surface area contributed by atoms with Gasteiger partial charge >= 0.3 is 5.97 Å². The van der Waals surface area contributed by atoms with Crippen LogP contribution in [0.15, 0.2) is 0 Å². The van der Waals surface area contributed by atoms with Gasteiger partial charge in [-0.3, -0.25) is 4.79 Å². The molecule has 0 aromatic heterocycles. The number of hydrogen-bond acceptors (Lipinski definition) is 2. The van der Waals surface area contributed by atoms with Crippen LogP contribution in [0.25, 0.3) is 0 Å². The molecule has 1 fully saturated rings. The summed E-state index contributed by atoms with van der Waals surface area (Å²) in [7, 11) is 0. The lowest BCUT2D eigenvalue weighted by Gasteiger charge is -2.24. The first kappa shape index (κ1) is 6.59.